The summed E-state index contributed by atoms with van der Waals surface area (Å²) in [4.78, 5) is 0. The Labute approximate surface area is 98.5 Å². The van der Waals surface area contributed by atoms with Crippen molar-refractivity contribution in [1.82, 2.24) is 0 Å². The highest BCUT2D eigenvalue weighted by Crippen LogP contribution is 2.71. The Morgan fingerprint density at radius 1 is 0.625 bits per heavy atom. The molecule has 0 aromatic rings. The van der Waals surface area contributed by atoms with Crippen molar-refractivity contribution in [3.05, 3.63) is 12.2 Å². The van der Waals surface area contributed by atoms with Gasteiger partial charge in [0.1, 0.15) is 0 Å². The molecule has 0 aliphatic heterocycles. The van der Waals surface area contributed by atoms with Gasteiger partial charge in [0.2, 0.25) is 0 Å². The van der Waals surface area contributed by atoms with Crippen molar-refractivity contribution in [3.8, 4) is 0 Å². The summed E-state index contributed by atoms with van der Waals surface area (Å²) in [6, 6.07) is 0. The molecule has 8 unspecified atom stereocenters. The zero-order valence-corrected chi connectivity index (χ0v) is 10.0. The Balaban J connectivity index is 1.57. The lowest BCUT2D eigenvalue weighted by Crippen LogP contribution is -2.38. The highest BCUT2D eigenvalue weighted by Gasteiger charge is 2.64. The Hall–Kier alpha value is -0.260. The van der Waals surface area contributed by atoms with Crippen molar-refractivity contribution < 1.29 is 0 Å². The van der Waals surface area contributed by atoms with Gasteiger partial charge in [0, 0.05) is 0 Å². The van der Waals surface area contributed by atoms with E-state index in [2.05, 4.69) is 12.2 Å². The summed E-state index contributed by atoms with van der Waals surface area (Å²) in [6.07, 6.45) is 14.3. The topological polar surface area (TPSA) is 0 Å². The molecule has 4 fully saturated rings. The third kappa shape index (κ3) is 0.833. The maximum Gasteiger partial charge on any atom is -0.0314 e. The van der Waals surface area contributed by atoms with E-state index in [0.717, 1.165) is 11.8 Å². The zero-order valence-electron chi connectivity index (χ0n) is 10.0. The van der Waals surface area contributed by atoms with Crippen LogP contribution in [0.15, 0.2) is 12.2 Å². The number of fused-ring (bicyclic) bond motifs is 12. The summed E-state index contributed by atoms with van der Waals surface area (Å²) in [6.45, 7) is 0. The summed E-state index contributed by atoms with van der Waals surface area (Å²) in [5.74, 6) is 9.34. The number of rotatable bonds is 0. The van der Waals surface area contributed by atoms with E-state index in [1.54, 1.807) is 25.7 Å². The van der Waals surface area contributed by atoms with Gasteiger partial charge in [-0.1, -0.05) is 12.2 Å². The molecular formula is C16H22. The fourth-order valence-electron chi connectivity index (χ4n) is 7.04. The highest BCUT2D eigenvalue weighted by molar-refractivity contribution is 5.16. The first kappa shape index (κ1) is 8.78. The third-order valence-corrected chi connectivity index (χ3v) is 7.21. The maximum atomic E-state index is 2.49. The quantitative estimate of drug-likeness (QED) is 0.424. The van der Waals surface area contributed by atoms with Gasteiger partial charge in [0.05, 0.1) is 0 Å². The smallest absolute Gasteiger partial charge is 0.0314 e. The predicted octanol–water partition coefficient (Wildman–Crippen LogP) is 3.88. The monoisotopic (exact) mass is 214 g/mol. The predicted molar refractivity (Wildman–Crippen MR) is 64.8 cm³/mol. The Morgan fingerprint density at radius 2 is 1.19 bits per heavy atom. The van der Waals surface area contributed by atoms with Gasteiger partial charge < -0.3 is 0 Å². The Morgan fingerprint density at radius 3 is 1.75 bits per heavy atom. The molecule has 0 N–H and O–H groups in total. The van der Waals surface area contributed by atoms with Crippen LogP contribution in [0.2, 0.25) is 0 Å². The van der Waals surface area contributed by atoms with Crippen LogP contribution in [-0.4, -0.2) is 0 Å². The van der Waals surface area contributed by atoms with E-state index in [1.165, 1.54) is 48.3 Å². The van der Waals surface area contributed by atoms with Gasteiger partial charge >= 0.3 is 0 Å². The number of hydrogen-bond acceptors (Lipinski definition) is 0. The second-order valence-electron chi connectivity index (χ2n) is 7.32. The van der Waals surface area contributed by atoms with E-state index in [4.69, 9.17) is 0 Å². The third-order valence-electron chi connectivity index (χ3n) is 7.21. The summed E-state index contributed by atoms with van der Waals surface area (Å²) in [5.41, 5.74) is 0. The van der Waals surface area contributed by atoms with Crippen molar-refractivity contribution >= 4 is 0 Å². The van der Waals surface area contributed by atoms with E-state index >= 15 is 0 Å². The molecule has 86 valence electrons. The Kier molecular flexibility index (Phi) is 1.52. The molecule has 8 atom stereocenters. The normalized spacial score (nSPS) is 65.0. The van der Waals surface area contributed by atoms with E-state index in [9.17, 15) is 0 Å². The average molecular weight is 214 g/mol. The van der Waals surface area contributed by atoms with Crippen LogP contribution in [0.1, 0.15) is 38.5 Å². The molecule has 0 nitrogen and oxygen atoms in total. The van der Waals surface area contributed by atoms with Gasteiger partial charge in [0.25, 0.3) is 0 Å². The molecule has 0 aromatic heterocycles. The van der Waals surface area contributed by atoms with Crippen LogP contribution in [0.4, 0.5) is 0 Å². The molecule has 5 rings (SSSR count). The lowest BCUT2D eigenvalue weighted by atomic mass is 9.61. The van der Waals surface area contributed by atoms with E-state index in [-0.39, 0.29) is 0 Å². The van der Waals surface area contributed by atoms with Gasteiger partial charge in [-0.05, 0) is 85.9 Å². The molecule has 0 heterocycles. The molecule has 5 aliphatic rings. The lowest BCUT2D eigenvalue weighted by molar-refractivity contribution is 0.0547. The van der Waals surface area contributed by atoms with Crippen molar-refractivity contribution in [1.29, 1.82) is 0 Å². The number of allylic oxidation sites excluding steroid dienone is 2. The minimum Gasteiger partial charge on any atom is -0.0882 e. The molecule has 0 spiro atoms. The first-order valence-corrected chi connectivity index (χ1v) is 7.58. The summed E-state index contributed by atoms with van der Waals surface area (Å²) < 4.78 is 0. The molecule has 0 amide bonds. The lowest BCUT2D eigenvalue weighted by Gasteiger charge is -2.44. The van der Waals surface area contributed by atoms with Gasteiger partial charge in [0.15, 0.2) is 0 Å². The van der Waals surface area contributed by atoms with Crippen LogP contribution < -0.4 is 0 Å². The average Bonchev–Trinajstić information content (AvgIpc) is 3.07. The largest absolute Gasteiger partial charge is 0.0882 e. The van der Waals surface area contributed by atoms with Crippen LogP contribution in [0.5, 0.6) is 0 Å². The van der Waals surface area contributed by atoms with E-state index in [0.29, 0.717) is 0 Å². The summed E-state index contributed by atoms with van der Waals surface area (Å²) >= 11 is 0. The molecular weight excluding hydrogens is 192 g/mol. The van der Waals surface area contributed by atoms with Crippen molar-refractivity contribution in [3.63, 3.8) is 0 Å². The van der Waals surface area contributed by atoms with Crippen molar-refractivity contribution in [2.75, 3.05) is 0 Å². The minimum atomic E-state index is 1.12. The zero-order chi connectivity index (χ0) is 10.3. The SMILES string of the molecule is C1=CCC2C(C1)C1CC2C2C3CCC(C3)C12. The second kappa shape index (κ2) is 2.76. The van der Waals surface area contributed by atoms with Crippen LogP contribution in [-0.2, 0) is 0 Å². The first-order valence-electron chi connectivity index (χ1n) is 7.58. The van der Waals surface area contributed by atoms with Crippen LogP contribution in [0, 0.1) is 47.3 Å². The first-order chi connectivity index (χ1) is 7.93. The minimum absolute atomic E-state index is 1.12. The van der Waals surface area contributed by atoms with Gasteiger partial charge in [-0.25, -0.2) is 0 Å². The molecule has 0 aromatic carbocycles. The number of hydrogen-bond donors (Lipinski definition) is 0. The molecule has 4 saturated carbocycles. The summed E-state index contributed by atoms with van der Waals surface area (Å²) in [7, 11) is 0. The van der Waals surface area contributed by atoms with Crippen LogP contribution >= 0.6 is 0 Å². The van der Waals surface area contributed by atoms with Crippen LogP contribution in [0.3, 0.4) is 0 Å². The highest BCUT2D eigenvalue weighted by atomic mass is 14.7. The van der Waals surface area contributed by atoms with Crippen molar-refractivity contribution in [2.45, 2.75) is 38.5 Å². The molecule has 16 heavy (non-hydrogen) atoms. The molecule has 5 aliphatic carbocycles. The molecule has 0 radical (unpaired) electrons. The van der Waals surface area contributed by atoms with Gasteiger partial charge in [-0.3, -0.25) is 0 Å². The van der Waals surface area contributed by atoms with Gasteiger partial charge in [-0.2, -0.15) is 0 Å². The summed E-state index contributed by atoms with van der Waals surface area (Å²) in [5, 5.41) is 0. The molecule has 4 bridgehead atoms. The fraction of sp³-hybridized carbons (Fsp3) is 0.875. The van der Waals surface area contributed by atoms with Crippen LogP contribution in [0.25, 0.3) is 0 Å². The Bertz CT molecular complexity index is 323. The van der Waals surface area contributed by atoms with Crippen molar-refractivity contribution in [2.24, 2.45) is 47.3 Å². The van der Waals surface area contributed by atoms with E-state index < -0.39 is 0 Å². The maximum absolute atomic E-state index is 2.49. The second-order valence-corrected chi connectivity index (χ2v) is 7.32. The standard InChI is InChI=1S/C16H22/c1-2-4-12-11(3-1)13-8-14(12)16-10-6-5-9(7-10)15(13)16/h1-2,9-16H,3-8H2. The van der Waals surface area contributed by atoms with Gasteiger partial charge in [-0.15, -0.1) is 0 Å². The van der Waals surface area contributed by atoms with E-state index in [1.807, 2.05) is 0 Å². The molecule has 0 heteroatoms. The fourth-order valence-corrected chi connectivity index (χ4v) is 7.04. The molecule has 0 saturated heterocycles.